The molecule has 1 saturated heterocycles. The molecule has 0 aliphatic carbocycles. The van der Waals surface area contributed by atoms with Crippen LogP contribution in [0.5, 0.6) is 0 Å². The van der Waals surface area contributed by atoms with Crippen molar-refractivity contribution in [2.24, 2.45) is 5.92 Å². The van der Waals surface area contributed by atoms with Crippen molar-refractivity contribution in [3.63, 3.8) is 0 Å². The standard InChI is InChI=1S/C19H19BrN2O2/c1-13-7-9-15(10-8-13)21(2)19(24)14-11-18(23)22(12-14)17-6-4-3-5-16(17)20/h3-10,14H,11-12H2,1-2H3. The fraction of sp³-hybridized carbons (Fsp3) is 0.263. The Morgan fingerprint density at radius 3 is 2.50 bits per heavy atom. The molecule has 1 aliphatic rings. The minimum absolute atomic E-state index is 0.0162. The minimum atomic E-state index is -0.323. The molecule has 0 spiro atoms. The molecule has 1 heterocycles. The summed E-state index contributed by atoms with van der Waals surface area (Å²) < 4.78 is 0.860. The number of amides is 2. The van der Waals surface area contributed by atoms with E-state index in [4.69, 9.17) is 0 Å². The van der Waals surface area contributed by atoms with E-state index in [1.165, 1.54) is 0 Å². The van der Waals surface area contributed by atoms with Crippen LogP contribution in [0.4, 0.5) is 11.4 Å². The SMILES string of the molecule is Cc1ccc(N(C)C(=O)C2CC(=O)N(c3ccccc3Br)C2)cc1. The highest BCUT2D eigenvalue weighted by molar-refractivity contribution is 9.10. The first-order valence-electron chi connectivity index (χ1n) is 7.86. The molecule has 124 valence electrons. The summed E-state index contributed by atoms with van der Waals surface area (Å²) >= 11 is 3.47. The molecule has 2 amide bonds. The van der Waals surface area contributed by atoms with E-state index in [1.54, 1.807) is 16.8 Å². The highest BCUT2D eigenvalue weighted by atomic mass is 79.9. The summed E-state index contributed by atoms with van der Waals surface area (Å²) in [5.41, 5.74) is 2.81. The number of nitrogens with zero attached hydrogens (tertiary/aromatic N) is 2. The summed E-state index contributed by atoms with van der Waals surface area (Å²) in [6.07, 6.45) is 0.246. The Labute approximate surface area is 150 Å². The first-order chi connectivity index (χ1) is 11.5. The fourth-order valence-corrected chi connectivity index (χ4v) is 3.44. The monoisotopic (exact) mass is 386 g/mol. The van der Waals surface area contributed by atoms with Gasteiger partial charge in [-0.05, 0) is 47.1 Å². The maximum absolute atomic E-state index is 12.8. The summed E-state index contributed by atoms with van der Waals surface area (Å²) in [5.74, 6) is -0.366. The number of para-hydroxylation sites is 1. The Hall–Kier alpha value is -2.14. The Morgan fingerprint density at radius 2 is 1.83 bits per heavy atom. The molecule has 1 atom stereocenters. The summed E-state index contributed by atoms with van der Waals surface area (Å²) in [6, 6.07) is 15.4. The van der Waals surface area contributed by atoms with Crippen molar-refractivity contribution in [2.75, 3.05) is 23.4 Å². The molecule has 1 aliphatic heterocycles. The van der Waals surface area contributed by atoms with Gasteiger partial charge in [-0.2, -0.15) is 0 Å². The van der Waals surface area contributed by atoms with Crippen LogP contribution >= 0.6 is 15.9 Å². The predicted octanol–water partition coefficient (Wildman–Crippen LogP) is 3.77. The lowest BCUT2D eigenvalue weighted by atomic mass is 10.1. The van der Waals surface area contributed by atoms with Crippen LogP contribution in [0.3, 0.4) is 0 Å². The molecule has 2 aromatic rings. The molecule has 3 rings (SSSR count). The number of hydrogen-bond donors (Lipinski definition) is 0. The van der Waals surface area contributed by atoms with E-state index >= 15 is 0 Å². The van der Waals surface area contributed by atoms with Crippen molar-refractivity contribution in [1.82, 2.24) is 0 Å². The van der Waals surface area contributed by atoms with Gasteiger partial charge in [-0.1, -0.05) is 29.8 Å². The molecule has 0 saturated carbocycles. The van der Waals surface area contributed by atoms with Gasteiger partial charge in [0.05, 0.1) is 11.6 Å². The van der Waals surface area contributed by atoms with Crippen LogP contribution in [0, 0.1) is 12.8 Å². The first-order valence-corrected chi connectivity index (χ1v) is 8.66. The fourth-order valence-electron chi connectivity index (χ4n) is 2.95. The highest BCUT2D eigenvalue weighted by Crippen LogP contribution is 2.32. The zero-order chi connectivity index (χ0) is 17.3. The average Bonchev–Trinajstić information content (AvgIpc) is 2.96. The van der Waals surface area contributed by atoms with E-state index in [1.807, 2.05) is 55.5 Å². The van der Waals surface area contributed by atoms with Gasteiger partial charge in [0.2, 0.25) is 11.8 Å². The molecule has 2 aromatic carbocycles. The number of rotatable bonds is 3. The molecule has 1 fully saturated rings. The van der Waals surface area contributed by atoms with E-state index in [2.05, 4.69) is 15.9 Å². The van der Waals surface area contributed by atoms with Crippen LogP contribution in [-0.4, -0.2) is 25.4 Å². The van der Waals surface area contributed by atoms with Gasteiger partial charge in [0.25, 0.3) is 0 Å². The Morgan fingerprint density at radius 1 is 1.17 bits per heavy atom. The zero-order valence-electron chi connectivity index (χ0n) is 13.7. The van der Waals surface area contributed by atoms with Crippen molar-refractivity contribution in [3.05, 3.63) is 58.6 Å². The summed E-state index contributed by atoms with van der Waals surface area (Å²) in [4.78, 5) is 28.5. The second-order valence-electron chi connectivity index (χ2n) is 6.09. The van der Waals surface area contributed by atoms with Gasteiger partial charge < -0.3 is 9.80 Å². The summed E-state index contributed by atoms with van der Waals surface area (Å²) in [5, 5.41) is 0. The lowest BCUT2D eigenvalue weighted by Gasteiger charge is -2.22. The number of carbonyl (C=O) groups excluding carboxylic acids is 2. The van der Waals surface area contributed by atoms with Gasteiger partial charge in [-0.15, -0.1) is 0 Å². The normalized spacial score (nSPS) is 17.2. The third-order valence-electron chi connectivity index (χ3n) is 4.37. The number of carbonyl (C=O) groups is 2. The van der Waals surface area contributed by atoms with Crippen LogP contribution < -0.4 is 9.80 Å². The van der Waals surface area contributed by atoms with E-state index in [-0.39, 0.29) is 24.2 Å². The van der Waals surface area contributed by atoms with Crippen LogP contribution in [0.1, 0.15) is 12.0 Å². The van der Waals surface area contributed by atoms with E-state index in [0.29, 0.717) is 6.54 Å². The number of halogens is 1. The maximum atomic E-state index is 12.8. The second kappa shape index (κ2) is 6.77. The smallest absolute Gasteiger partial charge is 0.232 e. The van der Waals surface area contributed by atoms with Crippen molar-refractivity contribution in [2.45, 2.75) is 13.3 Å². The Kier molecular flexibility index (Phi) is 4.71. The third kappa shape index (κ3) is 3.22. The molecule has 0 radical (unpaired) electrons. The summed E-state index contributed by atoms with van der Waals surface area (Å²) in [7, 11) is 1.76. The quantitative estimate of drug-likeness (QED) is 0.805. The van der Waals surface area contributed by atoms with Gasteiger partial charge in [-0.3, -0.25) is 9.59 Å². The van der Waals surface area contributed by atoms with Crippen molar-refractivity contribution < 1.29 is 9.59 Å². The first kappa shape index (κ1) is 16.7. The van der Waals surface area contributed by atoms with Gasteiger partial charge in [0.15, 0.2) is 0 Å². The molecule has 24 heavy (non-hydrogen) atoms. The topological polar surface area (TPSA) is 40.6 Å². The van der Waals surface area contributed by atoms with Crippen LogP contribution in [0.15, 0.2) is 53.0 Å². The lowest BCUT2D eigenvalue weighted by molar-refractivity contribution is -0.124. The summed E-state index contributed by atoms with van der Waals surface area (Å²) in [6.45, 7) is 2.42. The van der Waals surface area contributed by atoms with E-state index in [0.717, 1.165) is 21.4 Å². The van der Waals surface area contributed by atoms with Crippen molar-refractivity contribution in [3.8, 4) is 0 Å². The molecule has 5 heteroatoms. The Balaban J connectivity index is 1.76. The largest absolute Gasteiger partial charge is 0.315 e. The lowest BCUT2D eigenvalue weighted by Crippen LogP contribution is -2.34. The van der Waals surface area contributed by atoms with Gasteiger partial charge in [-0.25, -0.2) is 0 Å². The predicted molar refractivity (Wildman–Crippen MR) is 99.2 cm³/mol. The average molecular weight is 387 g/mol. The maximum Gasteiger partial charge on any atom is 0.232 e. The molecule has 0 bridgehead atoms. The van der Waals surface area contributed by atoms with Gasteiger partial charge in [0, 0.05) is 30.2 Å². The van der Waals surface area contributed by atoms with Gasteiger partial charge >= 0.3 is 0 Å². The molecule has 0 N–H and O–H groups in total. The molecule has 1 unspecified atom stereocenters. The molecule has 0 aromatic heterocycles. The van der Waals surface area contributed by atoms with Gasteiger partial charge in [0.1, 0.15) is 0 Å². The third-order valence-corrected chi connectivity index (χ3v) is 5.04. The zero-order valence-corrected chi connectivity index (χ0v) is 15.3. The number of benzene rings is 2. The number of anilines is 2. The van der Waals surface area contributed by atoms with Crippen LogP contribution in [0.25, 0.3) is 0 Å². The highest BCUT2D eigenvalue weighted by Gasteiger charge is 2.37. The van der Waals surface area contributed by atoms with Crippen LogP contribution in [-0.2, 0) is 9.59 Å². The van der Waals surface area contributed by atoms with Crippen molar-refractivity contribution in [1.29, 1.82) is 0 Å². The van der Waals surface area contributed by atoms with Crippen LogP contribution in [0.2, 0.25) is 0 Å². The van der Waals surface area contributed by atoms with Crippen molar-refractivity contribution >= 4 is 39.1 Å². The Bertz CT molecular complexity index is 773. The minimum Gasteiger partial charge on any atom is -0.315 e. The second-order valence-corrected chi connectivity index (χ2v) is 6.94. The molecule has 4 nitrogen and oxygen atoms in total. The van der Waals surface area contributed by atoms with E-state index in [9.17, 15) is 9.59 Å². The number of aryl methyl sites for hydroxylation is 1. The number of hydrogen-bond acceptors (Lipinski definition) is 2. The molecular weight excluding hydrogens is 368 g/mol. The van der Waals surface area contributed by atoms with E-state index < -0.39 is 0 Å². The molecular formula is C19H19BrN2O2.